The van der Waals surface area contributed by atoms with Crippen molar-refractivity contribution in [1.82, 2.24) is 10.6 Å². The average molecular weight is 300 g/mol. The number of amides is 4. The number of rotatable bonds is 6. The van der Waals surface area contributed by atoms with E-state index >= 15 is 0 Å². The summed E-state index contributed by atoms with van der Waals surface area (Å²) in [6.45, 7) is 4.00. The summed E-state index contributed by atoms with van der Waals surface area (Å²) in [5.74, 6) is -0.402. The van der Waals surface area contributed by atoms with Gasteiger partial charge in [-0.2, -0.15) is 0 Å². The maximum absolute atomic E-state index is 12.1. The van der Waals surface area contributed by atoms with Crippen molar-refractivity contribution in [3.8, 4) is 0 Å². The van der Waals surface area contributed by atoms with Crippen LogP contribution in [0.5, 0.6) is 0 Å². The molecule has 0 unspecified atom stereocenters. The van der Waals surface area contributed by atoms with Gasteiger partial charge in [0.25, 0.3) is 0 Å². The maximum Gasteiger partial charge on any atom is 0.328 e. The zero-order chi connectivity index (χ0) is 15.3. The first-order chi connectivity index (χ1) is 9.28. The van der Waals surface area contributed by atoms with Crippen molar-refractivity contribution in [3.05, 3.63) is 0 Å². The van der Waals surface area contributed by atoms with Crippen molar-refractivity contribution in [2.75, 3.05) is 5.75 Å². The first kappa shape index (κ1) is 16.5. The van der Waals surface area contributed by atoms with E-state index < -0.39 is 23.3 Å². The van der Waals surface area contributed by atoms with Gasteiger partial charge in [-0.15, -0.1) is 0 Å². The van der Waals surface area contributed by atoms with E-state index in [1.54, 1.807) is 0 Å². The molecule has 0 spiro atoms. The van der Waals surface area contributed by atoms with Gasteiger partial charge in [-0.1, -0.05) is 25.6 Å². The van der Waals surface area contributed by atoms with Crippen molar-refractivity contribution in [1.29, 1.82) is 5.41 Å². The Bertz CT molecular complexity index is 416. The van der Waals surface area contributed by atoms with Crippen molar-refractivity contribution >= 4 is 34.8 Å². The summed E-state index contributed by atoms with van der Waals surface area (Å²) in [5, 5.41) is 11.4. The molecule has 7 nitrogen and oxygen atoms in total. The van der Waals surface area contributed by atoms with Crippen LogP contribution in [-0.4, -0.2) is 28.8 Å². The van der Waals surface area contributed by atoms with Gasteiger partial charge in [-0.25, -0.2) is 4.79 Å². The monoisotopic (exact) mass is 300 g/mol. The van der Waals surface area contributed by atoms with Crippen molar-refractivity contribution in [3.63, 3.8) is 0 Å². The zero-order valence-corrected chi connectivity index (χ0v) is 12.4. The third-order valence-corrected chi connectivity index (χ3v) is 3.98. The molecule has 20 heavy (non-hydrogen) atoms. The smallest absolute Gasteiger partial charge is 0.328 e. The molecule has 1 heterocycles. The van der Waals surface area contributed by atoms with E-state index in [-0.39, 0.29) is 11.6 Å². The summed E-state index contributed by atoms with van der Waals surface area (Å²) in [5.41, 5.74) is 4.01. The SMILES string of the molecule is CC(C)CCC1(CCSC(=N)N)C(=O)NC(=O)NC1=O. The van der Waals surface area contributed by atoms with Gasteiger partial charge in [0.2, 0.25) is 11.8 Å². The van der Waals surface area contributed by atoms with Crippen LogP contribution in [0.4, 0.5) is 4.79 Å². The van der Waals surface area contributed by atoms with Crippen LogP contribution < -0.4 is 16.4 Å². The average Bonchev–Trinajstić information content (AvgIpc) is 2.30. The summed E-state index contributed by atoms with van der Waals surface area (Å²) >= 11 is 1.08. The Kier molecular flexibility index (Phi) is 5.55. The molecule has 8 heteroatoms. The van der Waals surface area contributed by atoms with Crippen molar-refractivity contribution < 1.29 is 14.4 Å². The number of nitrogens with two attached hydrogens (primary N) is 1. The predicted molar refractivity (Wildman–Crippen MR) is 77.2 cm³/mol. The van der Waals surface area contributed by atoms with E-state index in [9.17, 15) is 14.4 Å². The van der Waals surface area contributed by atoms with Crippen LogP contribution >= 0.6 is 11.8 Å². The Hall–Kier alpha value is -1.57. The van der Waals surface area contributed by atoms with E-state index in [4.69, 9.17) is 11.1 Å². The number of nitrogens with one attached hydrogen (secondary N) is 3. The largest absolute Gasteiger partial charge is 0.379 e. The highest BCUT2D eigenvalue weighted by molar-refractivity contribution is 8.13. The molecule has 0 radical (unpaired) electrons. The molecule has 1 saturated heterocycles. The molecule has 0 aromatic heterocycles. The van der Waals surface area contributed by atoms with Crippen LogP contribution in [0.3, 0.4) is 0 Å². The number of amidine groups is 1. The summed E-state index contributed by atoms with van der Waals surface area (Å²) in [4.78, 5) is 35.4. The normalized spacial score (nSPS) is 17.9. The van der Waals surface area contributed by atoms with Crippen molar-refractivity contribution in [2.45, 2.75) is 33.1 Å². The fourth-order valence-corrected chi connectivity index (χ4v) is 2.70. The van der Waals surface area contributed by atoms with Crippen LogP contribution in [-0.2, 0) is 9.59 Å². The van der Waals surface area contributed by atoms with E-state index in [1.807, 2.05) is 13.8 Å². The Balaban J connectivity index is 2.87. The molecule has 112 valence electrons. The second-order valence-electron chi connectivity index (χ2n) is 5.21. The Morgan fingerprint density at radius 2 is 1.80 bits per heavy atom. The number of hydrogen-bond acceptors (Lipinski definition) is 5. The molecule has 5 N–H and O–H groups in total. The highest BCUT2D eigenvalue weighted by Crippen LogP contribution is 2.33. The molecule has 0 saturated carbocycles. The highest BCUT2D eigenvalue weighted by atomic mass is 32.2. The van der Waals surface area contributed by atoms with Gasteiger partial charge in [0.05, 0.1) is 0 Å². The van der Waals surface area contributed by atoms with Crippen LogP contribution in [0.1, 0.15) is 33.1 Å². The van der Waals surface area contributed by atoms with Crippen LogP contribution in [0, 0.1) is 16.7 Å². The number of carbonyl (C=O) groups is 3. The van der Waals surface area contributed by atoms with Gasteiger partial charge in [0, 0.05) is 5.75 Å². The van der Waals surface area contributed by atoms with Crippen molar-refractivity contribution in [2.24, 2.45) is 17.1 Å². The Morgan fingerprint density at radius 1 is 1.25 bits per heavy atom. The van der Waals surface area contributed by atoms with Gasteiger partial charge >= 0.3 is 6.03 Å². The lowest BCUT2D eigenvalue weighted by atomic mass is 9.76. The fraction of sp³-hybridized carbons (Fsp3) is 0.667. The molecule has 0 bridgehead atoms. The summed E-state index contributed by atoms with van der Waals surface area (Å²) < 4.78 is 0. The molecular formula is C12H20N4O3S. The lowest BCUT2D eigenvalue weighted by Gasteiger charge is -2.34. The molecule has 0 atom stereocenters. The highest BCUT2D eigenvalue weighted by Gasteiger charge is 2.49. The van der Waals surface area contributed by atoms with E-state index in [1.165, 1.54) is 0 Å². The maximum atomic E-state index is 12.1. The Morgan fingerprint density at radius 3 is 2.25 bits per heavy atom. The molecule has 1 fully saturated rings. The predicted octanol–water partition coefficient (Wildman–Crippen LogP) is 0.792. The molecule has 1 aliphatic rings. The number of thioether (sulfide) groups is 1. The van der Waals surface area contributed by atoms with Crippen LogP contribution in [0.2, 0.25) is 0 Å². The molecule has 1 rings (SSSR count). The zero-order valence-electron chi connectivity index (χ0n) is 11.6. The first-order valence-electron chi connectivity index (χ1n) is 6.41. The van der Waals surface area contributed by atoms with E-state index in [0.717, 1.165) is 11.8 Å². The number of urea groups is 1. The number of imide groups is 2. The minimum absolute atomic E-state index is 0.0586. The minimum Gasteiger partial charge on any atom is -0.379 e. The van der Waals surface area contributed by atoms with Gasteiger partial charge < -0.3 is 5.73 Å². The molecule has 0 aromatic carbocycles. The minimum atomic E-state index is -1.25. The van der Waals surface area contributed by atoms with Gasteiger partial charge in [-0.3, -0.25) is 25.6 Å². The van der Waals surface area contributed by atoms with E-state index in [0.29, 0.717) is 24.5 Å². The summed E-state index contributed by atoms with van der Waals surface area (Å²) in [6, 6.07) is -0.778. The van der Waals surface area contributed by atoms with Crippen LogP contribution in [0.25, 0.3) is 0 Å². The first-order valence-corrected chi connectivity index (χ1v) is 7.40. The van der Waals surface area contributed by atoms with Crippen LogP contribution in [0.15, 0.2) is 0 Å². The molecule has 4 amide bonds. The third-order valence-electron chi connectivity index (χ3n) is 3.26. The Labute approximate surface area is 121 Å². The number of hydrogen-bond donors (Lipinski definition) is 4. The number of carbonyl (C=O) groups excluding carboxylic acids is 3. The standard InChI is InChI=1S/C12H20N4O3S/c1-7(2)3-4-12(5-6-20-10(13)14)8(17)15-11(19)16-9(12)18/h7H,3-6H2,1-2H3,(H3,13,14)(H2,15,16,17,18,19). The van der Waals surface area contributed by atoms with Gasteiger partial charge in [0.15, 0.2) is 5.17 Å². The third kappa shape index (κ3) is 3.96. The molecular weight excluding hydrogens is 280 g/mol. The van der Waals surface area contributed by atoms with Gasteiger partial charge in [-0.05, 0) is 25.2 Å². The topological polar surface area (TPSA) is 125 Å². The van der Waals surface area contributed by atoms with E-state index in [2.05, 4.69) is 10.6 Å². The lowest BCUT2D eigenvalue weighted by molar-refractivity contribution is -0.145. The summed E-state index contributed by atoms with van der Waals surface area (Å²) in [6.07, 6.45) is 1.31. The quantitative estimate of drug-likeness (QED) is 0.328. The second-order valence-corrected chi connectivity index (χ2v) is 6.35. The lowest BCUT2D eigenvalue weighted by Crippen LogP contribution is -2.62. The molecule has 0 aromatic rings. The number of barbiturate groups is 1. The second kappa shape index (κ2) is 6.74. The van der Waals surface area contributed by atoms with Gasteiger partial charge in [0.1, 0.15) is 5.41 Å². The fourth-order valence-electron chi connectivity index (χ4n) is 2.03. The summed E-state index contributed by atoms with van der Waals surface area (Å²) in [7, 11) is 0. The molecule has 1 aliphatic heterocycles. The molecule has 0 aliphatic carbocycles.